The Morgan fingerprint density at radius 1 is 1.24 bits per heavy atom. The predicted octanol–water partition coefficient (Wildman–Crippen LogP) is 3.28. The van der Waals surface area contributed by atoms with Crippen LogP contribution in [-0.4, -0.2) is 45.7 Å². The Hall–Kier alpha value is -0.910. The lowest BCUT2D eigenvalue weighted by atomic mass is 9.89. The maximum absolute atomic E-state index is 10.6. The molecule has 1 aliphatic heterocycles. The van der Waals surface area contributed by atoms with Crippen molar-refractivity contribution in [2.75, 3.05) is 0 Å². The molecule has 3 N–H and O–H groups in total. The smallest absolute Gasteiger partial charge is 0.303 e. The second-order valence-electron chi connectivity index (χ2n) is 7.66. The van der Waals surface area contributed by atoms with Crippen LogP contribution >= 0.6 is 0 Å². The molecule has 0 bridgehead atoms. The first-order chi connectivity index (χ1) is 12.0. The minimum Gasteiger partial charge on any atom is -0.481 e. The topological polar surface area (TPSA) is 87.0 Å². The Bertz CT molecular complexity index is 436. The lowest BCUT2D eigenvalue weighted by Gasteiger charge is -2.18. The lowest BCUT2D eigenvalue weighted by Crippen LogP contribution is -2.19. The molecule has 5 heteroatoms. The summed E-state index contributed by atoms with van der Waals surface area (Å²) in [5.41, 5.74) is 0. The number of carbonyl (C=O) groups is 1. The van der Waals surface area contributed by atoms with E-state index in [0.29, 0.717) is 18.8 Å². The van der Waals surface area contributed by atoms with Gasteiger partial charge in [0.25, 0.3) is 0 Å². The van der Waals surface area contributed by atoms with Gasteiger partial charge in [0.15, 0.2) is 0 Å². The minimum atomic E-state index is -0.741. The molecule has 1 saturated carbocycles. The average molecular weight is 354 g/mol. The third-order valence-electron chi connectivity index (χ3n) is 5.62. The van der Waals surface area contributed by atoms with Crippen LogP contribution in [-0.2, 0) is 9.53 Å². The first-order valence-corrected chi connectivity index (χ1v) is 9.93. The molecule has 2 fully saturated rings. The highest BCUT2D eigenvalue weighted by molar-refractivity contribution is 5.66. The number of carboxylic acids is 1. The van der Waals surface area contributed by atoms with Crippen molar-refractivity contribution in [1.82, 2.24) is 0 Å². The highest BCUT2D eigenvalue weighted by atomic mass is 16.5. The molecule has 1 aliphatic carbocycles. The molecular weight excluding hydrogens is 320 g/mol. The number of aliphatic hydroxyl groups is 2. The van der Waals surface area contributed by atoms with Crippen LogP contribution in [0.15, 0.2) is 12.2 Å². The van der Waals surface area contributed by atoms with Crippen molar-refractivity contribution in [3.05, 3.63) is 12.2 Å². The van der Waals surface area contributed by atoms with E-state index in [4.69, 9.17) is 9.84 Å². The Labute approximate surface area is 151 Å². The molecule has 1 saturated heterocycles. The molecule has 25 heavy (non-hydrogen) atoms. The Balaban J connectivity index is 1.76. The van der Waals surface area contributed by atoms with E-state index in [2.05, 4.69) is 6.92 Å². The van der Waals surface area contributed by atoms with Crippen LogP contribution in [0.25, 0.3) is 0 Å². The molecule has 1 heterocycles. The third-order valence-corrected chi connectivity index (χ3v) is 5.62. The fraction of sp³-hybridized carbons (Fsp3) is 0.850. The summed E-state index contributed by atoms with van der Waals surface area (Å²) in [5.74, 6) is -0.358. The minimum absolute atomic E-state index is 0.0647. The maximum Gasteiger partial charge on any atom is 0.303 e. The van der Waals surface area contributed by atoms with Gasteiger partial charge < -0.3 is 20.1 Å². The van der Waals surface area contributed by atoms with E-state index in [-0.39, 0.29) is 30.7 Å². The summed E-state index contributed by atoms with van der Waals surface area (Å²) in [6, 6.07) is 0. The van der Waals surface area contributed by atoms with Gasteiger partial charge >= 0.3 is 5.97 Å². The van der Waals surface area contributed by atoms with Crippen molar-refractivity contribution in [2.45, 2.75) is 95.5 Å². The van der Waals surface area contributed by atoms with Crippen molar-refractivity contribution in [3.63, 3.8) is 0 Å². The number of carboxylic acid groups (broad SMARTS) is 1. The van der Waals surface area contributed by atoms with Gasteiger partial charge in [-0.3, -0.25) is 4.79 Å². The second-order valence-corrected chi connectivity index (χ2v) is 7.66. The fourth-order valence-corrected chi connectivity index (χ4v) is 4.24. The zero-order chi connectivity index (χ0) is 18.2. The molecule has 2 rings (SSSR count). The zero-order valence-corrected chi connectivity index (χ0v) is 15.3. The fourth-order valence-electron chi connectivity index (χ4n) is 4.24. The molecule has 0 aromatic carbocycles. The monoisotopic (exact) mass is 354 g/mol. The first-order valence-electron chi connectivity index (χ1n) is 9.93. The molecule has 6 atom stereocenters. The molecule has 2 aliphatic rings. The summed E-state index contributed by atoms with van der Waals surface area (Å²) in [6.45, 7) is 2.15. The van der Waals surface area contributed by atoms with Crippen LogP contribution in [0.5, 0.6) is 0 Å². The molecule has 144 valence electrons. The quantitative estimate of drug-likeness (QED) is 0.391. The zero-order valence-electron chi connectivity index (χ0n) is 15.3. The number of hydrogen-bond donors (Lipinski definition) is 3. The highest BCUT2D eigenvalue weighted by Crippen LogP contribution is 2.45. The lowest BCUT2D eigenvalue weighted by molar-refractivity contribution is -0.137. The van der Waals surface area contributed by atoms with Gasteiger partial charge in [-0.15, -0.1) is 0 Å². The molecule has 0 aromatic rings. The molecule has 0 amide bonds. The van der Waals surface area contributed by atoms with Gasteiger partial charge in [-0.1, -0.05) is 44.8 Å². The second kappa shape index (κ2) is 10.3. The molecule has 5 nitrogen and oxygen atoms in total. The Morgan fingerprint density at radius 3 is 2.76 bits per heavy atom. The van der Waals surface area contributed by atoms with Crippen LogP contribution in [0, 0.1) is 11.8 Å². The number of rotatable bonds is 11. The normalized spacial score (nSPS) is 33.0. The van der Waals surface area contributed by atoms with Crippen molar-refractivity contribution >= 4 is 5.97 Å². The number of aliphatic hydroxyl groups excluding tert-OH is 2. The van der Waals surface area contributed by atoms with E-state index in [9.17, 15) is 15.0 Å². The molecule has 1 unspecified atom stereocenters. The van der Waals surface area contributed by atoms with E-state index in [1.54, 1.807) is 0 Å². The average Bonchev–Trinajstić information content (AvgIpc) is 3.06. The maximum atomic E-state index is 10.6. The van der Waals surface area contributed by atoms with E-state index in [1.165, 1.54) is 0 Å². The van der Waals surface area contributed by atoms with Crippen LogP contribution < -0.4 is 0 Å². The largest absolute Gasteiger partial charge is 0.481 e. The van der Waals surface area contributed by atoms with Crippen molar-refractivity contribution in [2.24, 2.45) is 11.8 Å². The van der Waals surface area contributed by atoms with Crippen molar-refractivity contribution in [1.29, 1.82) is 0 Å². The van der Waals surface area contributed by atoms with Gasteiger partial charge in [0.05, 0.1) is 24.4 Å². The third kappa shape index (κ3) is 6.39. The Kier molecular flexibility index (Phi) is 8.40. The van der Waals surface area contributed by atoms with Crippen molar-refractivity contribution < 1.29 is 24.9 Å². The number of ether oxygens (including phenoxy) is 1. The molecule has 0 spiro atoms. The molecule has 0 aromatic heterocycles. The molecular formula is C20H34O5. The van der Waals surface area contributed by atoms with Gasteiger partial charge in [0.1, 0.15) is 0 Å². The first kappa shape index (κ1) is 20.4. The van der Waals surface area contributed by atoms with Crippen molar-refractivity contribution in [3.8, 4) is 0 Å². The Morgan fingerprint density at radius 2 is 2.04 bits per heavy atom. The van der Waals surface area contributed by atoms with Crippen LogP contribution in [0.3, 0.4) is 0 Å². The summed E-state index contributed by atoms with van der Waals surface area (Å²) in [4.78, 5) is 10.6. The summed E-state index contributed by atoms with van der Waals surface area (Å²) in [6.07, 6.45) is 11.7. The van der Waals surface area contributed by atoms with Gasteiger partial charge in [-0.2, -0.15) is 0 Å². The summed E-state index contributed by atoms with van der Waals surface area (Å²) < 4.78 is 6.08. The van der Waals surface area contributed by atoms with Crippen LogP contribution in [0.4, 0.5) is 0 Å². The van der Waals surface area contributed by atoms with Crippen LogP contribution in [0.2, 0.25) is 0 Å². The SMILES string of the molecule is CCCCC[C@H](O)/C=C/[C@@H]1[C@H]2CC(CCCCC(=O)O)O[C@H]2C[C@H]1O. The number of fused-ring (bicyclic) bond motifs is 1. The standard InChI is InChI=1S/C20H34O5/c1-2-3-4-7-14(21)10-11-16-17-12-15(8-5-6-9-20(23)24)25-19(17)13-18(16)22/h10-11,14-19,21-22H,2-9,12-13H2,1H3,(H,23,24)/b11-10+/t14-,15?,16+,17+,18+,19-/m0/s1. The molecule has 0 radical (unpaired) electrons. The van der Waals surface area contributed by atoms with Crippen LogP contribution in [0.1, 0.15) is 71.1 Å². The van der Waals surface area contributed by atoms with E-state index in [1.807, 2.05) is 12.2 Å². The van der Waals surface area contributed by atoms with Gasteiger partial charge in [0.2, 0.25) is 0 Å². The summed E-state index contributed by atoms with van der Waals surface area (Å²) in [5, 5.41) is 29.0. The van der Waals surface area contributed by atoms with E-state index < -0.39 is 12.1 Å². The highest BCUT2D eigenvalue weighted by Gasteiger charge is 2.47. The summed E-state index contributed by atoms with van der Waals surface area (Å²) in [7, 11) is 0. The predicted molar refractivity (Wildman–Crippen MR) is 96.3 cm³/mol. The van der Waals surface area contributed by atoms with Gasteiger partial charge in [-0.25, -0.2) is 0 Å². The van der Waals surface area contributed by atoms with Gasteiger partial charge in [0, 0.05) is 18.8 Å². The number of hydrogen-bond acceptors (Lipinski definition) is 4. The number of aliphatic carboxylic acids is 1. The summed E-state index contributed by atoms with van der Waals surface area (Å²) >= 11 is 0. The van der Waals surface area contributed by atoms with E-state index >= 15 is 0 Å². The van der Waals surface area contributed by atoms with Gasteiger partial charge in [-0.05, 0) is 31.6 Å². The van der Waals surface area contributed by atoms with E-state index in [0.717, 1.165) is 44.9 Å². The number of unbranched alkanes of at least 4 members (excludes halogenated alkanes) is 3.